The summed E-state index contributed by atoms with van der Waals surface area (Å²) in [6, 6.07) is 10.3. The molecule has 2 rings (SSSR count). The fraction of sp³-hybridized carbons (Fsp3) is 0.571. The van der Waals surface area contributed by atoms with Gasteiger partial charge in [0.1, 0.15) is 0 Å². The SMILES string of the molecule is O=C(O)C[C@@]1(O)CCC[C@H](C=CC(O)CCCCc2ccccc2)C1. The number of rotatable bonds is 9. The average molecular weight is 346 g/mol. The zero-order chi connectivity index (χ0) is 18.1. The van der Waals surface area contributed by atoms with Gasteiger partial charge in [-0.1, -0.05) is 48.9 Å². The van der Waals surface area contributed by atoms with Crippen LogP contribution in [0.5, 0.6) is 0 Å². The second kappa shape index (κ2) is 9.73. The lowest BCUT2D eigenvalue weighted by Crippen LogP contribution is -2.37. The minimum Gasteiger partial charge on any atom is -0.481 e. The van der Waals surface area contributed by atoms with E-state index in [-0.39, 0.29) is 12.3 Å². The first-order valence-electron chi connectivity index (χ1n) is 9.31. The third kappa shape index (κ3) is 7.41. The van der Waals surface area contributed by atoms with E-state index in [1.54, 1.807) is 0 Å². The molecule has 3 atom stereocenters. The summed E-state index contributed by atoms with van der Waals surface area (Å²) in [5, 5.41) is 29.4. The van der Waals surface area contributed by atoms with Gasteiger partial charge >= 0.3 is 5.97 Å². The van der Waals surface area contributed by atoms with Crippen molar-refractivity contribution >= 4 is 5.97 Å². The number of hydrogen-bond acceptors (Lipinski definition) is 3. The van der Waals surface area contributed by atoms with Crippen molar-refractivity contribution in [2.75, 3.05) is 0 Å². The lowest BCUT2D eigenvalue weighted by Gasteiger charge is -2.34. The highest BCUT2D eigenvalue weighted by Crippen LogP contribution is 2.35. The molecule has 1 fully saturated rings. The molecule has 0 radical (unpaired) electrons. The molecular formula is C21H30O4. The van der Waals surface area contributed by atoms with Crippen LogP contribution in [0.25, 0.3) is 0 Å². The van der Waals surface area contributed by atoms with E-state index in [4.69, 9.17) is 5.11 Å². The summed E-state index contributed by atoms with van der Waals surface area (Å²) in [6.45, 7) is 0. The Labute approximate surface area is 150 Å². The largest absolute Gasteiger partial charge is 0.481 e. The maximum atomic E-state index is 10.9. The van der Waals surface area contributed by atoms with Crippen molar-refractivity contribution in [1.82, 2.24) is 0 Å². The molecule has 0 saturated heterocycles. The third-order valence-corrected chi connectivity index (χ3v) is 5.00. The first-order valence-corrected chi connectivity index (χ1v) is 9.31. The number of aliphatic carboxylic acids is 1. The summed E-state index contributed by atoms with van der Waals surface area (Å²) in [7, 11) is 0. The molecule has 0 bridgehead atoms. The summed E-state index contributed by atoms with van der Waals surface area (Å²) < 4.78 is 0. The van der Waals surface area contributed by atoms with Gasteiger partial charge in [0.2, 0.25) is 0 Å². The van der Waals surface area contributed by atoms with Crippen LogP contribution in [0.15, 0.2) is 42.5 Å². The molecule has 1 aliphatic rings. The Balaban J connectivity index is 1.68. The zero-order valence-corrected chi connectivity index (χ0v) is 14.8. The molecule has 0 amide bonds. The van der Waals surface area contributed by atoms with Crippen molar-refractivity contribution in [1.29, 1.82) is 0 Å². The molecule has 1 saturated carbocycles. The fourth-order valence-electron chi connectivity index (χ4n) is 3.70. The molecule has 1 aromatic rings. The number of carboxylic acids is 1. The molecule has 25 heavy (non-hydrogen) atoms. The molecular weight excluding hydrogens is 316 g/mol. The minimum atomic E-state index is -1.10. The van der Waals surface area contributed by atoms with Gasteiger partial charge in [0.05, 0.1) is 18.1 Å². The molecule has 3 N–H and O–H groups in total. The van der Waals surface area contributed by atoms with Crippen LogP contribution in [0.1, 0.15) is 56.9 Å². The second-order valence-electron chi connectivity index (χ2n) is 7.33. The van der Waals surface area contributed by atoms with E-state index >= 15 is 0 Å². The normalized spacial score (nSPS) is 25.1. The molecule has 0 aliphatic heterocycles. The number of unbranched alkanes of at least 4 members (excludes halogenated alkanes) is 1. The summed E-state index contributed by atoms with van der Waals surface area (Å²) in [5.41, 5.74) is 0.229. The number of carboxylic acid groups (broad SMARTS) is 1. The molecule has 1 aromatic carbocycles. The lowest BCUT2D eigenvalue weighted by molar-refractivity contribution is -0.144. The highest BCUT2D eigenvalue weighted by Gasteiger charge is 2.35. The number of aliphatic hydroxyl groups excluding tert-OH is 1. The van der Waals surface area contributed by atoms with Crippen molar-refractivity contribution in [2.24, 2.45) is 5.92 Å². The van der Waals surface area contributed by atoms with Crippen molar-refractivity contribution < 1.29 is 20.1 Å². The summed E-state index contributed by atoms with van der Waals surface area (Å²) in [4.78, 5) is 10.9. The van der Waals surface area contributed by atoms with Gasteiger partial charge in [-0.2, -0.15) is 0 Å². The van der Waals surface area contributed by atoms with E-state index in [2.05, 4.69) is 12.1 Å². The lowest BCUT2D eigenvalue weighted by atomic mass is 9.76. The van der Waals surface area contributed by atoms with Gasteiger partial charge in [0, 0.05) is 0 Å². The Morgan fingerprint density at radius 3 is 2.76 bits per heavy atom. The van der Waals surface area contributed by atoms with Gasteiger partial charge in [0.25, 0.3) is 0 Å². The van der Waals surface area contributed by atoms with Gasteiger partial charge in [-0.05, 0) is 56.4 Å². The van der Waals surface area contributed by atoms with Crippen LogP contribution in [-0.2, 0) is 11.2 Å². The van der Waals surface area contributed by atoms with Crippen LogP contribution in [0.4, 0.5) is 0 Å². The van der Waals surface area contributed by atoms with E-state index in [9.17, 15) is 15.0 Å². The number of carbonyl (C=O) groups is 1. The Hall–Kier alpha value is -1.65. The van der Waals surface area contributed by atoms with Crippen LogP contribution >= 0.6 is 0 Å². The third-order valence-electron chi connectivity index (χ3n) is 5.00. The first kappa shape index (κ1) is 19.7. The Morgan fingerprint density at radius 1 is 1.28 bits per heavy atom. The standard InChI is InChI=1S/C21H30O4/c22-19(11-5-4-9-17-7-2-1-3-8-17)13-12-18-10-6-14-21(25,15-18)16-20(23)24/h1-3,7-8,12-13,18-19,22,25H,4-6,9-11,14-16H2,(H,23,24)/t18-,19?,21-/m1/s1. The van der Waals surface area contributed by atoms with Gasteiger partial charge in [-0.25, -0.2) is 0 Å². The predicted molar refractivity (Wildman–Crippen MR) is 98.3 cm³/mol. The van der Waals surface area contributed by atoms with E-state index in [1.807, 2.05) is 30.4 Å². The molecule has 0 spiro atoms. The predicted octanol–water partition coefficient (Wildman–Crippen LogP) is 3.71. The highest BCUT2D eigenvalue weighted by molar-refractivity contribution is 5.68. The van der Waals surface area contributed by atoms with Crippen LogP contribution in [0.2, 0.25) is 0 Å². The Morgan fingerprint density at radius 2 is 2.04 bits per heavy atom. The number of allylic oxidation sites excluding steroid dienone is 1. The topological polar surface area (TPSA) is 77.8 Å². The summed E-state index contributed by atoms with van der Waals surface area (Å²) >= 11 is 0. The van der Waals surface area contributed by atoms with E-state index in [0.29, 0.717) is 12.8 Å². The molecule has 1 unspecified atom stereocenters. The summed E-state index contributed by atoms with van der Waals surface area (Å²) in [5.74, 6) is -0.803. The van der Waals surface area contributed by atoms with Crippen molar-refractivity contribution in [3.8, 4) is 0 Å². The maximum Gasteiger partial charge on any atom is 0.306 e. The van der Waals surface area contributed by atoms with Crippen LogP contribution in [0, 0.1) is 5.92 Å². The van der Waals surface area contributed by atoms with Crippen molar-refractivity contribution in [2.45, 2.75) is 69.5 Å². The Kier molecular flexibility index (Phi) is 7.66. The van der Waals surface area contributed by atoms with Gasteiger partial charge in [0.15, 0.2) is 0 Å². The fourth-order valence-corrected chi connectivity index (χ4v) is 3.70. The van der Waals surface area contributed by atoms with Crippen molar-refractivity contribution in [3.05, 3.63) is 48.0 Å². The molecule has 4 nitrogen and oxygen atoms in total. The van der Waals surface area contributed by atoms with Crippen LogP contribution < -0.4 is 0 Å². The van der Waals surface area contributed by atoms with Crippen LogP contribution in [-0.4, -0.2) is 33.0 Å². The zero-order valence-electron chi connectivity index (χ0n) is 14.8. The molecule has 0 heterocycles. The average Bonchev–Trinajstić information content (AvgIpc) is 2.57. The first-order chi connectivity index (χ1) is 12.0. The van der Waals surface area contributed by atoms with Gasteiger partial charge in [-0.3, -0.25) is 4.79 Å². The molecule has 0 aromatic heterocycles. The highest BCUT2D eigenvalue weighted by atomic mass is 16.4. The number of aliphatic hydroxyl groups is 2. The van der Waals surface area contributed by atoms with E-state index in [0.717, 1.165) is 38.5 Å². The quantitative estimate of drug-likeness (QED) is 0.470. The second-order valence-corrected chi connectivity index (χ2v) is 7.33. The van der Waals surface area contributed by atoms with Crippen LogP contribution in [0.3, 0.4) is 0 Å². The maximum absolute atomic E-state index is 10.9. The summed E-state index contributed by atoms with van der Waals surface area (Å²) in [6.07, 6.45) is 9.69. The van der Waals surface area contributed by atoms with Gasteiger partial charge in [-0.15, -0.1) is 0 Å². The number of aryl methyl sites for hydroxylation is 1. The molecule has 138 valence electrons. The smallest absolute Gasteiger partial charge is 0.306 e. The van der Waals surface area contributed by atoms with Crippen molar-refractivity contribution in [3.63, 3.8) is 0 Å². The molecule has 1 aliphatic carbocycles. The van der Waals surface area contributed by atoms with E-state index < -0.39 is 17.7 Å². The number of hydrogen-bond donors (Lipinski definition) is 3. The minimum absolute atomic E-state index is 0.150. The monoisotopic (exact) mass is 346 g/mol. The van der Waals surface area contributed by atoms with Gasteiger partial charge < -0.3 is 15.3 Å². The number of benzene rings is 1. The molecule has 4 heteroatoms. The Bertz CT molecular complexity index is 554. The van der Waals surface area contributed by atoms with E-state index in [1.165, 1.54) is 5.56 Å².